The molecular weight excluding hydrogens is 427 g/mol. The number of anilines is 1. The maximum absolute atomic E-state index is 5.77. The highest BCUT2D eigenvalue weighted by molar-refractivity contribution is 14.0. The van der Waals surface area contributed by atoms with Crippen LogP contribution < -0.4 is 15.5 Å². The van der Waals surface area contributed by atoms with Crippen molar-refractivity contribution in [2.75, 3.05) is 39.2 Å². The fourth-order valence-electron chi connectivity index (χ4n) is 2.47. The van der Waals surface area contributed by atoms with E-state index in [9.17, 15) is 0 Å². The first kappa shape index (κ1) is 24.0. The Labute approximate surface area is 170 Å². The van der Waals surface area contributed by atoms with Gasteiger partial charge < -0.3 is 20.3 Å². The fraction of sp³-hybridized carbons (Fsp3) is 0.632. The van der Waals surface area contributed by atoms with E-state index in [0.717, 1.165) is 32.1 Å². The summed E-state index contributed by atoms with van der Waals surface area (Å²) in [5.74, 6) is 1.35. The van der Waals surface area contributed by atoms with Crippen LogP contribution in [-0.4, -0.2) is 46.4 Å². The second-order valence-corrected chi connectivity index (χ2v) is 6.44. The molecule has 0 aliphatic carbocycles. The van der Waals surface area contributed by atoms with Crippen LogP contribution in [-0.2, 0) is 11.3 Å². The number of ether oxygens (including phenoxy) is 1. The SMILES string of the molecule is CCOC(CCNC(=NC)NCc1ccc(N(C)C)cc1)C(C)C.I. The van der Waals surface area contributed by atoms with Gasteiger partial charge in [0.2, 0.25) is 0 Å². The van der Waals surface area contributed by atoms with Gasteiger partial charge in [-0.05, 0) is 37.0 Å². The maximum Gasteiger partial charge on any atom is 0.191 e. The Balaban J connectivity index is 0.00000576. The minimum Gasteiger partial charge on any atom is -0.378 e. The zero-order chi connectivity index (χ0) is 17.9. The molecule has 0 radical (unpaired) electrons. The average Bonchev–Trinajstić information content (AvgIpc) is 2.57. The predicted octanol–water partition coefficient (Wildman–Crippen LogP) is 3.49. The lowest BCUT2D eigenvalue weighted by Crippen LogP contribution is -2.38. The Morgan fingerprint density at radius 1 is 1.16 bits per heavy atom. The number of benzene rings is 1. The molecule has 2 N–H and O–H groups in total. The van der Waals surface area contributed by atoms with E-state index in [0.29, 0.717) is 12.0 Å². The topological polar surface area (TPSA) is 48.9 Å². The van der Waals surface area contributed by atoms with Crippen molar-refractivity contribution in [3.8, 4) is 0 Å². The summed E-state index contributed by atoms with van der Waals surface area (Å²) >= 11 is 0. The van der Waals surface area contributed by atoms with Gasteiger partial charge in [-0.1, -0.05) is 26.0 Å². The zero-order valence-electron chi connectivity index (χ0n) is 16.5. The molecular formula is C19H35IN4O. The summed E-state index contributed by atoms with van der Waals surface area (Å²) in [6.07, 6.45) is 1.27. The molecule has 1 unspecified atom stereocenters. The molecule has 1 atom stereocenters. The van der Waals surface area contributed by atoms with Crippen LogP contribution in [0.5, 0.6) is 0 Å². The van der Waals surface area contributed by atoms with Crippen LogP contribution in [0.2, 0.25) is 0 Å². The third-order valence-electron chi connectivity index (χ3n) is 3.98. The minimum absolute atomic E-state index is 0. The fourth-order valence-corrected chi connectivity index (χ4v) is 2.47. The second-order valence-electron chi connectivity index (χ2n) is 6.44. The molecule has 0 aromatic heterocycles. The van der Waals surface area contributed by atoms with E-state index in [4.69, 9.17) is 4.74 Å². The lowest BCUT2D eigenvalue weighted by Gasteiger charge is -2.21. The van der Waals surface area contributed by atoms with E-state index in [1.807, 2.05) is 21.0 Å². The zero-order valence-corrected chi connectivity index (χ0v) is 18.8. The second kappa shape index (κ2) is 13.2. The van der Waals surface area contributed by atoms with Crippen LogP contribution in [0.1, 0.15) is 32.8 Å². The van der Waals surface area contributed by atoms with Crippen molar-refractivity contribution in [2.24, 2.45) is 10.9 Å². The first-order valence-corrected chi connectivity index (χ1v) is 8.80. The van der Waals surface area contributed by atoms with Gasteiger partial charge in [-0.2, -0.15) is 0 Å². The standard InChI is InChI=1S/C19H34N4O.HI/c1-7-24-18(15(2)3)12-13-21-19(20-4)22-14-16-8-10-17(11-9-16)23(5)6;/h8-11,15,18H,7,12-14H2,1-6H3,(H2,20,21,22);1H. The smallest absolute Gasteiger partial charge is 0.191 e. The molecule has 0 fully saturated rings. The van der Waals surface area contributed by atoms with Gasteiger partial charge in [0.1, 0.15) is 0 Å². The predicted molar refractivity (Wildman–Crippen MR) is 119 cm³/mol. The summed E-state index contributed by atoms with van der Waals surface area (Å²) in [6, 6.07) is 8.53. The van der Waals surface area contributed by atoms with E-state index < -0.39 is 0 Å². The summed E-state index contributed by atoms with van der Waals surface area (Å²) < 4.78 is 5.77. The van der Waals surface area contributed by atoms with Crippen LogP contribution in [0.15, 0.2) is 29.3 Å². The molecule has 0 amide bonds. The number of hydrogen-bond acceptors (Lipinski definition) is 3. The van der Waals surface area contributed by atoms with Gasteiger partial charge in [0, 0.05) is 46.5 Å². The number of rotatable bonds is 9. The summed E-state index contributed by atoms with van der Waals surface area (Å²) in [6.45, 7) is 8.81. The van der Waals surface area contributed by atoms with Gasteiger partial charge in [0.05, 0.1) is 6.10 Å². The maximum atomic E-state index is 5.77. The van der Waals surface area contributed by atoms with Crippen molar-refractivity contribution in [2.45, 2.75) is 39.8 Å². The van der Waals surface area contributed by atoms with Crippen LogP contribution in [0, 0.1) is 5.92 Å². The van der Waals surface area contributed by atoms with Crippen molar-refractivity contribution < 1.29 is 4.74 Å². The summed E-state index contributed by atoms with van der Waals surface area (Å²) in [5, 5.41) is 6.72. The van der Waals surface area contributed by atoms with E-state index in [1.165, 1.54) is 11.3 Å². The Kier molecular flexibility index (Phi) is 12.7. The van der Waals surface area contributed by atoms with Crippen molar-refractivity contribution in [1.82, 2.24) is 10.6 Å². The molecule has 1 aromatic rings. The molecule has 1 aromatic carbocycles. The first-order valence-electron chi connectivity index (χ1n) is 8.80. The Hall–Kier alpha value is -1.02. The van der Waals surface area contributed by atoms with Crippen LogP contribution in [0.3, 0.4) is 0 Å². The van der Waals surface area contributed by atoms with Crippen LogP contribution in [0.4, 0.5) is 5.69 Å². The van der Waals surface area contributed by atoms with Crippen molar-refractivity contribution in [1.29, 1.82) is 0 Å². The molecule has 5 nitrogen and oxygen atoms in total. The largest absolute Gasteiger partial charge is 0.378 e. The number of nitrogens with zero attached hydrogens (tertiary/aromatic N) is 2. The van der Waals surface area contributed by atoms with E-state index in [1.54, 1.807) is 7.05 Å². The number of hydrogen-bond donors (Lipinski definition) is 2. The molecule has 25 heavy (non-hydrogen) atoms. The molecule has 0 bridgehead atoms. The van der Waals surface area contributed by atoms with Gasteiger partial charge >= 0.3 is 0 Å². The Morgan fingerprint density at radius 2 is 1.80 bits per heavy atom. The average molecular weight is 462 g/mol. The van der Waals surface area contributed by atoms with Gasteiger partial charge in [0.25, 0.3) is 0 Å². The quantitative estimate of drug-likeness (QED) is 0.335. The van der Waals surface area contributed by atoms with Crippen molar-refractivity contribution in [3.05, 3.63) is 29.8 Å². The lowest BCUT2D eigenvalue weighted by molar-refractivity contribution is 0.0258. The molecule has 0 saturated heterocycles. The molecule has 0 aliphatic rings. The Bertz CT molecular complexity index is 489. The van der Waals surface area contributed by atoms with Gasteiger partial charge in [-0.3, -0.25) is 4.99 Å². The number of nitrogens with one attached hydrogen (secondary N) is 2. The van der Waals surface area contributed by atoms with Gasteiger partial charge in [-0.25, -0.2) is 0 Å². The molecule has 0 spiro atoms. The third kappa shape index (κ3) is 9.30. The highest BCUT2D eigenvalue weighted by atomic mass is 127. The normalized spacial score (nSPS) is 12.5. The van der Waals surface area contributed by atoms with E-state index in [-0.39, 0.29) is 24.0 Å². The molecule has 0 saturated carbocycles. The van der Waals surface area contributed by atoms with Gasteiger partial charge in [-0.15, -0.1) is 24.0 Å². The number of aliphatic imine (C=N–C) groups is 1. The number of guanidine groups is 1. The third-order valence-corrected chi connectivity index (χ3v) is 3.98. The number of halogens is 1. The first-order chi connectivity index (χ1) is 11.5. The van der Waals surface area contributed by atoms with Gasteiger partial charge in [0.15, 0.2) is 5.96 Å². The molecule has 0 heterocycles. The summed E-state index contributed by atoms with van der Waals surface area (Å²) in [5.41, 5.74) is 2.44. The molecule has 144 valence electrons. The van der Waals surface area contributed by atoms with Crippen molar-refractivity contribution in [3.63, 3.8) is 0 Å². The molecule has 6 heteroatoms. The molecule has 0 aliphatic heterocycles. The van der Waals surface area contributed by atoms with Crippen LogP contribution in [0.25, 0.3) is 0 Å². The lowest BCUT2D eigenvalue weighted by atomic mass is 10.0. The monoisotopic (exact) mass is 462 g/mol. The minimum atomic E-state index is 0. The van der Waals surface area contributed by atoms with Crippen molar-refractivity contribution >= 4 is 35.6 Å². The highest BCUT2D eigenvalue weighted by Crippen LogP contribution is 2.12. The summed E-state index contributed by atoms with van der Waals surface area (Å²) in [7, 11) is 5.89. The van der Waals surface area contributed by atoms with Crippen LogP contribution >= 0.6 is 24.0 Å². The summed E-state index contributed by atoms with van der Waals surface area (Å²) in [4.78, 5) is 6.38. The highest BCUT2D eigenvalue weighted by Gasteiger charge is 2.12. The van der Waals surface area contributed by atoms with E-state index >= 15 is 0 Å². The molecule has 1 rings (SSSR count). The van der Waals surface area contributed by atoms with E-state index in [2.05, 4.69) is 58.6 Å². The Morgan fingerprint density at radius 3 is 2.28 bits per heavy atom.